The summed E-state index contributed by atoms with van der Waals surface area (Å²) < 4.78 is 10.9. The van der Waals surface area contributed by atoms with E-state index in [9.17, 15) is 4.79 Å². The molecule has 5 heteroatoms. The molecule has 2 aliphatic rings. The molecule has 1 aliphatic carbocycles. The molecule has 148 valence electrons. The van der Waals surface area contributed by atoms with E-state index in [0.717, 1.165) is 36.6 Å². The minimum Gasteiger partial charge on any atom is -0.454 e. The lowest BCUT2D eigenvalue weighted by molar-refractivity contribution is -0.119. The third kappa shape index (κ3) is 4.13. The zero-order valence-corrected chi connectivity index (χ0v) is 16.5. The van der Waals surface area contributed by atoms with Crippen LogP contribution in [0.5, 0.6) is 11.5 Å². The lowest BCUT2D eigenvalue weighted by Crippen LogP contribution is -2.42. The van der Waals surface area contributed by atoms with Crippen LogP contribution in [0.1, 0.15) is 63.4 Å². The van der Waals surface area contributed by atoms with Gasteiger partial charge in [0.25, 0.3) is 0 Å². The molecule has 1 saturated carbocycles. The van der Waals surface area contributed by atoms with E-state index in [1.807, 2.05) is 35.2 Å². The molecule has 5 nitrogen and oxygen atoms in total. The monoisotopic (exact) mass is 380 g/mol. The van der Waals surface area contributed by atoms with Gasteiger partial charge in [-0.2, -0.15) is 0 Å². The van der Waals surface area contributed by atoms with Crippen LogP contribution in [0.15, 0.2) is 42.6 Å². The summed E-state index contributed by atoms with van der Waals surface area (Å²) >= 11 is 0. The van der Waals surface area contributed by atoms with Crippen molar-refractivity contribution in [1.82, 2.24) is 4.98 Å². The molecule has 2 heterocycles. The highest BCUT2D eigenvalue weighted by Crippen LogP contribution is 2.36. The van der Waals surface area contributed by atoms with E-state index >= 15 is 0 Å². The van der Waals surface area contributed by atoms with E-state index in [0.29, 0.717) is 6.42 Å². The summed E-state index contributed by atoms with van der Waals surface area (Å²) in [6, 6.07) is 12.1. The van der Waals surface area contributed by atoms with Gasteiger partial charge in [-0.15, -0.1) is 0 Å². The maximum absolute atomic E-state index is 13.2. The first-order valence-corrected chi connectivity index (χ1v) is 10.3. The number of nitrogens with zero attached hydrogens (tertiary/aromatic N) is 2. The average molecular weight is 380 g/mol. The fraction of sp³-hybridized carbons (Fsp3) is 0.478. The molecule has 0 spiro atoms. The lowest BCUT2D eigenvalue weighted by Gasteiger charge is -2.34. The maximum atomic E-state index is 13.2. The maximum Gasteiger partial charge on any atom is 0.231 e. The van der Waals surface area contributed by atoms with Crippen molar-refractivity contribution in [1.29, 1.82) is 0 Å². The van der Waals surface area contributed by atoms with Crippen LogP contribution in [-0.4, -0.2) is 23.7 Å². The minimum absolute atomic E-state index is 0.179. The summed E-state index contributed by atoms with van der Waals surface area (Å²) in [7, 11) is 0. The number of benzene rings is 1. The molecule has 1 atom stereocenters. The predicted octanol–water partition coefficient (Wildman–Crippen LogP) is 5.06. The second-order valence-electron chi connectivity index (χ2n) is 7.80. The van der Waals surface area contributed by atoms with E-state index in [1.165, 1.54) is 24.8 Å². The molecular formula is C23H28N2O3. The fourth-order valence-electron chi connectivity index (χ4n) is 4.20. The van der Waals surface area contributed by atoms with Gasteiger partial charge in [-0.05, 0) is 55.0 Å². The molecule has 0 radical (unpaired) electrons. The first-order valence-electron chi connectivity index (χ1n) is 10.3. The predicted molar refractivity (Wildman–Crippen MR) is 109 cm³/mol. The molecule has 1 fully saturated rings. The Morgan fingerprint density at radius 2 is 1.96 bits per heavy atom. The third-order valence-corrected chi connectivity index (χ3v) is 5.86. The van der Waals surface area contributed by atoms with Gasteiger partial charge < -0.3 is 9.47 Å². The Balaban J connectivity index is 1.43. The van der Waals surface area contributed by atoms with Gasteiger partial charge in [0, 0.05) is 18.7 Å². The van der Waals surface area contributed by atoms with E-state index in [1.54, 1.807) is 6.20 Å². The molecule has 1 aromatic carbocycles. The largest absolute Gasteiger partial charge is 0.454 e. The lowest BCUT2D eigenvalue weighted by atomic mass is 9.92. The number of hydrogen-bond donors (Lipinski definition) is 0. The molecule has 1 amide bonds. The Bertz CT molecular complexity index is 803. The highest BCUT2D eigenvalue weighted by atomic mass is 16.7. The van der Waals surface area contributed by atoms with Crippen molar-refractivity contribution < 1.29 is 14.3 Å². The van der Waals surface area contributed by atoms with Crippen LogP contribution in [0, 0.1) is 0 Å². The van der Waals surface area contributed by atoms with Gasteiger partial charge in [0.2, 0.25) is 12.7 Å². The SMILES string of the molecule is CC(CCC(=O)N(c1ccccn1)C1CCCCC1)c1ccc2c(c1)OCO2. The fourth-order valence-corrected chi connectivity index (χ4v) is 4.20. The number of rotatable bonds is 6. The Morgan fingerprint density at radius 3 is 2.75 bits per heavy atom. The summed E-state index contributed by atoms with van der Waals surface area (Å²) in [6.45, 7) is 2.45. The van der Waals surface area contributed by atoms with Gasteiger partial charge in [-0.3, -0.25) is 9.69 Å². The molecule has 0 bridgehead atoms. The average Bonchev–Trinajstić information content (AvgIpc) is 3.22. The molecule has 4 rings (SSSR count). The second-order valence-corrected chi connectivity index (χ2v) is 7.80. The number of carbonyl (C=O) groups is 1. The third-order valence-electron chi connectivity index (χ3n) is 5.86. The quantitative estimate of drug-likeness (QED) is 0.703. The topological polar surface area (TPSA) is 51.7 Å². The van der Waals surface area contributed by atoms with Crippen molar-refractivity contribution in [3.63, 3.8) is 0 Å². The molecule has 0 N–H and O–H groups in total. The first kappa shape index (κ1) is 18.8. The van der Waals surface area contributed by atoms with Crippen LogP contribution in [0.25, 0.3) is 0 Å². The van der Waals surface area contributed by atoms with Crippen molar-refractivity contribution >= 4 is 11.7 Å². The van der Waals surface area contributed by atoms with Crippen LogP contribution < -0.4 is 14.4 Å². The van der Waals surface area contributed by atoms with Gasteiger partial charge in [-0.1, -0.05) is 38.3 Å². The molecule has 1 aliphatic heterocycles. The summed E-state index contributed by atoms with van der Waals surface area (Å²) in [5, 5.41) is 0. The summed E-state index contributed by atoms with van der Waals surface area (Å²) in [4.78, 5) is 19.6. The molecule has 2 aromatic rings. The summed E-state index contributed by atoms with van der Waals surface area (Å²) in [6.07, 6.45) is 8.87. The molecule has 1 unspecified atom stereocenters. The Morgan fingerprint density at radius 1 is 1.14 bits per heavy atom. The van der Waals surface area contributed by atoms with Crippen LogP contribution in [0.4, 0.5) is 5.82 Å². The van der Waals surface area contributed by atoms with Gasteiger partial charge in [0.15, 0.2) is 11.5 Å². The van der Waals surface area contributed by atoms with Crippen molar-refractivity contribution in [2.45, 2.75) is 63.8 Å². The van der Waals surface area contributed by atoms with Gasteiger partial charge >= 0.3 is 0 Å². The van der Waals surface area contributed by atoms with Crippen molar-refractivity contribution in [3.05, 3.63) is 48.2 Å². The highest BCUT2D eigenvalue weighted by molar-refractivity contribution is 5.93. The Hall–Kier alpha value is -2.56. The van der Waals surface area contributed by atoms with E-state index in [2.05, 4.69) is 18.0 Å². The van der Waals surface area contributed by atoms with Crippen LogP contribution in [0.2, 0.25) is 0 Å². The highest BCUT2D eigenvalue weighted by Gasteiger charge is 2.28. The van der Waals surface area contributed by atoms with Gasteiger partial charge in [0.1, 0.15) is 5.82 Å². The van der Waals surface area contributed by atoms with Crippen LogP contribution in [0.3, 0.4) is 0 Å². The van der Waals surface area contributed by atoms with Crippen molar-refractivity contribution in [3.8, 4) is 11.5 Å². The number of anilines is 1. The van der Waals surface area contributed by atoms with E-state index in [-0.39, 0.29) is 24.7 Å². The number of pyridine rings is 1. The van der Waals surface area contributed by atoms with Crippen molar-refractivity contribution in [2.24, 2.45) is 0 Å². The second kappa shape index (κ2) is 8.63. The summed E-state index contributed by atoms with van der Waals surface area (Å²) in [5.41, 5.74) is 1.18. The number of carbonyl (C=O) groups excluding carboxylic acids is 1. The first-order chi connectivity index (χ1) is 13.7. The standard InChI is InChI=1S/C23H28N2O3/c1-17(18-11-12-20-21(15-18)28-16-27-20)10-13-23(26)25(19-7-3-2-4-8-19)22-9-5-6-14-24-22/h5-6,9,11-12,14-15,17,19H,2-4,7-8,10,13,16H2,1H3. The van der Waals surface area contributed by atoms with E-state index in [4.69, 9.17) is 9.47 Å². The number of fused-ring (bicyclic) bond motifs is 1. The Kier molecular flexibility index (Phi) is 5.79. The number of aromatic nitrogens is 1. The zero-order valence-electron chi connectivity index (χ0n) is 16.5. The number of ether oxygens (including phenoxy) is 2. The Labute approximate surface area is 166 Å². The number of amides is 1. The minimum atomic E-state index is 0.179. The van der Waals surface area contributed by atoms with Crippen LogP contribution >= 0.6 is 0 Å². The smallest absolute Gasteiger partial charge is 0.231 e. The van der Waals surface area contributed by atoms with E-state index < -0.39 is 0 Å². The number of hydrogen-bond acceptors (Lipinski definition) is 4. The van der Waals surface area contributed by atoms with Crippen molar-refractivity contribution in [2.75, 3.05) is 11.7 Å². The molecule has 28 heavy (non-hydrogen) atoms. The zero-order chi connectivity index (χ0) is 19.3. The van der Waals surface area contributed by atoms with Gasteiger partial charge in [-0.25, -0.2) is 4.98 Å². The van der Waals surface area contributed by atoms with Gasteiger partial charge in [0.05, 0.1) is 0 Å². The molecular weight excluding hydrogens is 352 g/mol. The molecule has 0 saturated heterocycles. The normalized spacial score (nSPS) is 17.3. The summed E-state index contributed by atoms with van der Waals surface area (Å²) in [5.74, 6) is 2.84. The van der Waals surface area contributed by atoms with Crippen LogP contribution in [-0.2, 0) is 4.79 Å². The molecule has 1 aromatic heterocycles.